The van der Waals surface area contributed by atoms with Gasteiger partial charge in [0.15, 0.2) is 4.80 Å². The maximum Gasteiger partial charge on any atom is 0.271 e. The summed E-state index contributed by atoms with van der Waals surface area (Å²) >= 11 is 1.39. The van der Waals surface area contributed by atoms with Crippen molar-refractivity contribution in [3.8, 4) is 11.5 Å². The highest BCUT2D eigenvalue weighted by molar-refractivity contribution is 7.07. The quantitative estimate of drug-likeness (QED) is 0.248. The molecule has 0 saturated carbocycles. The molecule has 42 heavy (non-hydrogen) atoms. The highest BCUT2D eigenvalue weighted by Gasteiger charge is 2.33. The molecule has 208 valence electrons. The van der Waals surface area contributed by atoms with Crippen LogP contribution in [-0.2, 0) is 13.0 Å². The third-order valence-electron chi connectivity index (χ3n) is 7.84. The Morgan fingerprint density at radius 3 is 2.55 bits per heavy atom. The lowest BCUT2D eigenvalue weighted by atomic mass is 9.83. The number of para-hydroxylation sites is 1. The van der Waals surface area contributed by atoms with Crippen LogP contribution in [0.15, 0.2) is 112 Å². The second-order valence-corrected chi connectivity index (χ2v) is 11.3. The summed E-state index contributed by atoms with van der Waals surface area (Å²) in [7, 11) is 1.66. The molecule has 0 N–H and O–H groups in total. The van der Waals surface area contributed by atoms with E-state index in [4.69, 9.17) is 14.5 Å². The number of ether oxygens (including phenoxy) is 2. The molecule has 2 aliphatic rings. The molecule has 0 saturated heterocycles. The van der Waals surface area contributed by atoms with Gasteiger partial charge in [-0.1, -0.05) is 84.1 Å². The second kappa shape index (κ2) is 10.9. The molecule has 5 aromatic rings. The van der Waals surface area contributed by atoms with E-state index in [0.29, 0.717) is 20.6 Å². The Kier molecular flexibility index (Phi) is 6.80. The largest absolute Gasteiger partial charge is 0.496 e. The van der Waals surface area contributed by atoms with Crippen LogP contribution in [0.2, 0.25) is 0 Å². The summed E-state index contributed by atoms with van der Waals surface area (Å²) in [6.45, 7) is 0.140. The van der Waals surface area contributed by atoms with Gasteiger partial charge in [-0.05, 0) is 59.9 Å². The van der Waals surface area contributed by atoms with E-state index >= 15 is 0 Å². The van der Waals surface area contributed by atoms with E-state index in [0.717, 1.165) is 46.6 Å². The van der Waals surface area contributed by atoms with Crippen molar-refractivity contribution in [1.82, 2.24) is 4.57 Å². The Labute approximate surface area is 246 Å². The Morgan fingerprint density at radius 1 is 0.952 bits per heavy atom. The molecular weight excluding hydrogens is 547 g/mol. The van der Waals surface area contributed by atoms with E-state index in [1.54, 1.807) is 25.3 Å². The number of nitrogens with zero attached hydrogens (tertiary/aromatic N) is 2. The summed E-state index contributed by atoms with van der Waals surface area (Å²) < 4.78 is 27.9. The number of halogens is 1. The number of aromatic nitrogens is 1. The molecule has 1 aliphatic heterocycles. The van der Waals surface area contributed by atoms with Gasteiger partial charge in [-0.2, -0.15) is 0 Å². The van der Waals surface area contributed by atoms with Gasteiger partial charge in [0.2, 0.25) is 0 Å². The second-order valence-electron chi connectivity index (χ2n) is 10.3. The summed E-state index contributed by atoms with van der Waals surface area (Å²) in [4.78, 5) is 19.8. The van der Waals surface area contributed by atoms with Gasteiger partial charge in [0, 0.05) is 16.7 Å². The third-order valence-corrected chi connectivity index (χ3v) is 8.82. The third kappa shape index (κ3) is 4.65. The molecule has 4 aromatic carbocycles. The van der Waals surface area contributed by atoms with Crippen molar-refractivity contribution in [3.05, 3.63) is 156 Å². The maximum atomic E-state index is 14.0. The van der Waals surface area contributed by atoms with Crippen LogP contribution >= 0.6 is 11.3 Å². The number of aryl methyl sites for hydroxylation is 1. The first-order valence-electron chi connectivity index (χ1n) is 13.8. The first kappa shape index (κ1) is 26.2. The zero-order chi connectivity index (χ0) is 28.6. The highest BCUT2D eigenvalue weighted by Crippen LogP contribution is 2.43. The average Bonchev–Trinajstić information content (AvgIpc) is 3.34. The van der Waals surface area contributed by atoms with Gasteiger partial charge < -0.3 is 9.47 Å². The topological polar surface area (TPSA) is 52.8 Å². The standard InChI is InChI=1S/C35H27FN2O3S/c1-40-30-13-7-5-11-27(30)33-28-19-16-23-8-2-4-10-26(23)32(28)37-35-38(33)34(39)31(42-35)20-22-14-17-25(18-15-22)41-21-24-9-3-6-12-29(24)36/h2-15,17-18,20,33H,16,19,21H2,1H3/b31-20-/t33-/m0/s1. The van der Waals surface area contributed by atoms with Gasteiger partial charge in [0.25, 0.3) is 5.56 Å². The minimum atomic E-state index is -0.308. The van der Waals surface area contributed by atoms with Gasteiger partial charge in [0.05, 0.1) is 23.4 Å². The number of benzene rings is 4. The van der Waals surface area contributed by atoms with Crippen molar-refractivity contribution >= 4 is 23.1 Å². The summed E-state index contributed by atoms with van der Waals surface area (Å²) in [6, 6.07) is 30.0. The molecular formula is C35H27FN2O3S. The Hall–Kier alpha value is -4.75. The number of hydrogen-bond donors (Lipinski definition) is 0. The lowest BCUT2D eigenvalue weighted by Gasteiger charge is -2.31. The minimum absolute atomic E-state index is 0.0834. The molecule has 5 nitrogen and oxygen atoms in total. The van der Waals surface area contributed by atoms with Crippen LogP contribution in [0.1, 0.15) is 40.3 Å². The summed E-state index contributed by atoms with van der Waals surface area (Å²) in [6.07, 6.45) is 3.60. The lowest BCUT2D eigenvalue weighted by Crippen LogP contribution is -2.38. The first-order chi connectivity index (χ1) is 20.6. The van der Waals surface area contributed by atoms with Crippen molar-refractivity contribution in [3.63, 3.8) is 0 Å². The number of allylic oxidation sites excluding steroid dienone is 1. The maximum absolute atomic E-state index is 14.0. The summed E-state index contributed by atoms with van der Waals surface area (Å²) in [5.41, 5.74) is 6.72. The molecule has 1 atom stereocenters. The monoisotopic (exact) mass is 574 g/mol. The van der Waals surface area contributed by atoms with Crippen molar-refractivity contribution in [2.24, 2.45) is 4.99 Å². The average molecular weight is 575 g/mol. The van der Waals surface area contributed by atoms with Crippen molar-refractivity contribution < 1.29 is 13.9 Å². The van der Waals surface area contributed by atoms with Crippen LogP contribution in [0, 0.1) is 5.82 Å². The highest BCUT2D eigenvalue weighted by atomic mass is 32.1. The van der Waals surface area contributed by atoms with Crippen molar-refractivity contribution in [2.45, 2.75) is 25.5 Å². The smallest absolute Gasteiger partial charge is 0.271 e. The molecule has 7 heteroatoms. The molecule has 2 heterocycles. The zero-order valence-corrected chi connectivity index (χ0v) is 23.7. The lowest BCUT2D eigenvalue weighted by molar-refractivity contribution is 0.300. The van der Waals surface area contributed by atoms with Crippen LogP contribution in [0.5, 0.6) is 11.5 Å². The minimum Gasteiger partial charge on any atom is -0.496 e. The van der Waals surface area contributed by atoms with E-state index in [-0.39, 0.29) is 24.0 Å². The summed E-state index contributed by atoms with van der Waals surface area (Å²) in [5.74, 6) is 1.08. The molecule has 7 rings (SSSR count). The summed E-state index contributed by atoms with van der Waals surface area (Å²) in [5, 5.41) is 0. The zero-order valence-electron chi connectivity index (χ0n) is 22.9. The number of methoxy groups -OCH3 is 1. The van der Waals surface area contributed by atoms with E-state index in [2.05, 4.69) is 18.2 Å². The normalized spacial score (nSPS) is 15.9. The number of fused-ring (bicyclic) bond motifs is 3. The number of hydrogen-bond acceptors (Lipinski definition) is 5. The fourth-order valence-corrected chi connectivity index (χ4v) is 6.78. The molecule has 0 fully saturated rings. The van der Waals surface area contributed by atoms with Crippen LogP contribution in [0.25, 0.3) is 11.8 Å². The van der Waals surface area contributed by atoms with E-state index in [9.17, 15) is 9.18 Å². The van der Waals surface area contributed by atoms with Gasteiger partial charge in [-0.15, -0.1) is 0 Å². The van der Waals surface area contributed by atoms with E-state index < -0.39 is 0 Å². The molecule has 0 radical (unpaired) electrons. The van der Waals surface area contributed by atoms with E-state index in [1.807, 2.05) is 65.2 Å². The molecule has 0 bridgehead atoms. The number of thiazole rings is 1. The molecule has 0 spiro atoms. The molecule has 1 aliphatic carbocycles. The molecule has 0 unspecified atom stereocenters. The van der Waals surface area contributed by atoms with Crippen molar-refractivity contribution in [2.75, 3.05) is 7.11 Å². The Bertz CT molecular complexity index is 2020. The van der Waals surface area contributed by atoms with Crippen LogP contribution < -0.4 is 24.4 Å². The van der Waals surface area contributed by atoms with Crippen LogP contribution in [0.4, 0.5) is 4.39 Å². The first-order valence-corrected chi connectivity index (χ1v) is 14.6. The van der Waals surface area contributed by atoms with Gasteiger partial charge in [0.1, 0.15) is 23.9 Å². The predicted octanol–water partition coefficient (Wildman–Crippen LogP) is 6.05. The fourth-order valence-electron chi connectivity index (χ4n) is 5.78. The van der Waals surface area contributed by atoms with Crippen LogP contribution in [0.3, 0.4) is 0 Å². The van der Waals surface area contributed by atoms with Gasteiger partial charge in [-0.25, -0.2) is 9.38 Å². The van der Waals surface area contributed by atoms with Gasteiger partial charge >= 0.3 is 0 Å². The molecule has 0 amide bonds. The number of rotatable bonds is 6. The van der Waals surface area contributed by atoms with Crippen LogP contribution in [-0.4, -0.2) is 11.7 Å². The Morgan fingerprint density at radius 2 is 1.71 bits per heavy atom. The van der Waals surface area contributed by atoms with Crippen molar-refractivity contribution in [1.29, 1.82) is 0 Å². The van der Waals surface area contributed by atoms with Gasteiger partial charge in [-0.3, -0.25) is 9.36 Å². The SMILES string of the molecule is COc1ccccc1[C@H]1C2=C(N=c3s/c(=C\c4ccc(OCc5ccccc5F)cc4)c(=O)n31)c1ccccc1CC2. The predicted molar refractivity (Wildman–Crippen MR) is 163 cm³/mol. The molecule has 1 aromatic heterocycles. The van der Waals surface area contributed by atoms with E-state index in [1.165, 1.54) is 23.0 Å². The fraction of sp³-hybridized carbons (Fsp3) is 0.143. The Balaban J connectivity index is 1.29.